The molecule has 5 rings (SSSR count). The molecule has 1 aliphatic heterocycles. The number of carbonyl (C=O) groups excluding carboxylic acids is 1. The van der Waals surface area contributed by atoms with Gasteiger partial charge in [0.1, 0.15) is 11.4 Å². The highest BCUT2D eigenvalue weighted by atomic mass is 32.1. The van der Waals surface area contributed by atoms with Crippen LogP contribution in [0, 0.1) is 5.82 Å². The second-order valence-corrected chi connectivity index (χ2v) is 7.83. The molecular weight excluding hydrogens is 403 g/mol. The molecule has 4 heterocycles. The molecule has 1 saturated heterocycles. The van der Waals surface area contributed by atoms with E-state index in [2.05, 4.69) is 15.0 Å². The van der Waals surface area contributed by atoms with E-state index in [0.717, 1.165) is 18.2 Å². The first kappa shape index (κ1) is 18.6. The zero-order chi connectivity index (χ0) is 20.5. The maximum absolute atomic E-state index is 13.4. The Kier molecular flexibility index (Phi) is 4.80. The molecule has 0 aliphatic carbocycles. The number of piperazine rings is 1. The third-order valence-electron chi connectivity index (χ3n) is 5.15. The molecule has 1 aromatic carbocycles. The Balaban J connectivity index is 1.44. The van der Waals surface area contributed by atoms with Gasteiger partial charge in [0.2, 0.25) is 0 Å². The quantitative estimate of drug-likeness (QED) is 0.507. The lowest BCUT2D eigenvalue weighted by molar-refractivity contribution is 0.0746. The van der Waals surface area contributed by atoms with Crippen molar-refractivity contribution in [2.24, 2.45) is 0 Å². The van der Waals surface area contributed by atoms with Crippen LogP contribution < -0.4 is 4.90 Å². The molecule has 0 atom stereocenters. The van der Waals surface area contributed by atoms with Gasteiger partial charge >= 0.3 is 0 Å². The molecule has 0 N–H and O–H groups in total. The molecular formula is C21H19FN6OS. The molecule has 0 bridgehead atoms. The van der Waals surface area contributed by atoms with E-state index in [-0.39, 0.29) is 11.7 Å². The number of hydrogen-bond acceptors (Lipinski definition) is 5. The van der Waals surface area contributed by atoms with Crippen LogP contribution in [0.5, 0.6) is 0 Å². The van der Waals surface area contributed by atoms with Crippen LogP contribution in [0.25, 0.3) is 11.5 Å². The highest BCUT2D eigenvalue weighted by Gasteiger charge is 2.27. The Labute approximate surface area is 176 Å². The molecule has 4 aromatic rings. The second-order valence-electron chi connectivity index (χ2n) is 6.95. The highest BCUT2D eigenvalue weighted by molar-refractivity contribution is 7.13. The Bertz CT molecular complexity index is 1130. The largest absolute Gasteiger partial charge is 0.345 e. The topological polar surface area (TPSA) is 59.2 Å². The van der Waals surface area contributed by atoms with E-state index < -0.39 is 0 Å². The van der Waals surface area contributed by atoms with Crippen molar-refractivity contribution in [2.45, 2.75) is 0 Å². The van der Waals surface area contributed by atoms with Gasteiger partial charge in [-0.1, -0.05) is 0 Å². The van der Waals surface area contributed by atoms with Crippen molar-refractivity contribution in [3.8, 4) is 11.5 Å². The van der Waals surface area contributed by atoms with E-state index in [4.69, 9.17) is 0 Å². The Morgan fingerprint density at radius 1 is 1.03 bits per heavy atom. The Hall–Kier alpha value is -3.46. The normalized spacial score (nSPS) is 14.3. The summed E-state index contributed by atoms with van der Waals surface area (Å²) in [5.41, 5.74) is 1.20. The molecule has 30 heavy (non-hydrogen) atoms. The zero-order valence-electron chi connectivity index (χ0n) is 16.1. The number of aromatic nitrogens is 4. The van der Waals surface area contributed by atoms with E-state index in [1.54, 1.807) is 40.5 Å². The van der Waals surface area contributed by atoms with E-state index in [0.29, 0.717) is 30.2 Å². The molecule has 152 valence electrons. The van der Waals surface area contributed by atoms with Gasteiger partial charge in [-0.2, -0.15) is 5.10 Å². The lowest BCUT2D eigenvalue weighted by Gasteiger charge is -2.34. The minimum absolute atomic E-state index is 0.0640. The van der Waals surface area contributed by atoms with E-state index in [1.165, 1.54) is 12.1 Å². The number of carbonyl (C=O) groups is 1. The molecule has 0 spiro atoms. The number of amides is 1. The number of hydrogen-bond donors (Lipinski definition) is 0. The van der Waals surface area contributed by atoms with Crippen LogP contribution in [0.4, 0.5) is 9.52 Å². The first-order valence-corrected chi connectivity index (χ1v) is 10.5. The highest BCUT2D eigenvalue weighted by Crippen LogP contribution is 2.23. The van der Waals surface area contributed by atoms with Gasteiger partial charge in [-0.25, -0.2) is 14.1 Å². The second kappa shape index (κ2) is 7.75. The van der Waals surface area contributed by atoms with Gasteiger partial charge in [-0.3, -0.25) is 4.79 Å². The average molecular weight is 422 g/mol. The molecule has 3 aromatic heterocycles. The maximum atomic E-state index is 13.4. The van der Waals surface area contributed by atoms with E-state index in [9.17, 15) is 9.18 Å². The van der Waals surface area contributed by atoms with Crippen molar-refractivity contribution >= 4 is 22.4 Å². The smallest absolute Gasteiger partial charge is 0.259 e. The van der Waals surface area contributed by atoms with Crippen LogP contribution in [0.1, 0.15) is 10.4 Å². The number of halogens is 1. The molecule has 9 heteroatoms. The standard InChI is InChI=1S/C21H19FN6OS/c22-16-3-5-17(6-4-16)28-19(25-8-1-2-9-25)18(15-24-28)20(29)26-10-12-27(13-11-26)21-23-7-14-30-21/h1-9,14-15H,10-13H2. The Morgan fingerprint density at radius 3 is 2.43 bits per heavy atom. The van der Waals surface area contributed by atoms with Crippen LogP contribution in [0.15, 0.2) is 66.6 Å². The monoisotopic (exact) mass is 422 g/mol. The predicted octanol–water partition coefficient (Wildman–Crippen LogP) is 3.22. The van der Waals surface area contributed by atoms with Gasteiger partial charge in [0.25, 0.3) is 5.91 Å². The van der Waals surface area contributed by atoms with Crippen LogP contribution in [0.3, 0.4) is 0 Å². The van der Waals surface area contributed by atoms with E-state index >= 15 is 0 Å². The van der Waals surface area contributed by atoms with Gasteiger partial charge in [0.15, 0.2) is 10.9 Å². The number of benzene rings is 1. The zero-order valence-corrected chi connectivity index (χ0v) is 16.9. The summed E-state index contributed by atoms with van der Waals surface area (Å²) in [6, 6.07) is 9.85. The fourth-order valence-electron chi connectivity index (χ4n) is 3.63. The minimum atomic E-state index is -0.317. The summed E-state index contributed by atoms with van der Waals surface area (Å²) in [4.78, 5) is 21.8. The summed E-state index contributed by atoms with van der Waals surface area (Å²) < 4.78 is 16.9. The molecule has 1 aliphatic rings. The molecule has 0 saturated carbocycles. The van der Waals surface area contributed by atoms with Gasteiger partial charge in [-0.15, -0.1) is 11.3 Å². The fraction of sp³-hybridized carbons (Fsp3) is 0.190. The van der Waals surface area contributed by atoms with Crippen LogP contribution >= 0.6 is 11.3 Å². The van der Waals surface area contributed by atoms with Crippen LogP contribution in [-0.4, -0.2) is 56.3 Å². The van der Waals surface area contributed by atoms with Gasteiger partial charge < -0.3 is 14.4 Å². The summed E-state index contributed by atoms with van der Waals surface area (Å²) in [7, 11) is 0. The molecule has 0 unspecified atom stereocenters. The van der Waals surface area contributed by atoms with Crippen LogP contribution in [-0.2, 0) is 0 Å². The first-order valence-electron chi connectivity index (χ1n) is 9.62. The average Bonchev–Trinajstić information content (AvgIpc) is 3.55. The lowest BCUT2D eigenvalue weighted by Crippen LogP contribution is -2.48. The fourth-order valence-corrected chi connectivity index (χ4v) is 4.33. The van der Waals surface area contributed by atoms with Crippen molar-refractivity contribution < 1.29 is 9.18 Å². The van der Waals surface area contributed by atoms with Gasteiger partial charge in [-0.05, 0) is 36.4 Å². The summed E-state index contributed by atoms with van der Waals surface area (Å²) in [5, 5.41) is 7.39. The molecule has 0 radical (unpaired) electrons. The summed E-state index contributed by atoms with van der Waals surface area (Å²) in [6.45, 7) is 2.71. The molecule has 1 fully saturated rings. The Morgan fingerprint density at radius 2 is 1.77 bits per heavy atom. The minimum Gasteiger partial charge on any atom is -0.345 e. The predicted molar refractivity (Wildman–Crippen MR) is 113 cm³/mol. The third kappa shape index (κ3) is 3.37. The van der Waals surface area contributed by atoms with Gasteiger partial charge in [0, 0.05) is 50.1 Å². The first-order chi connectivity index (χ1) is 14.7. The SMILES string of the molecule is O=C(c1cnn(-c2ccc(F)cc2)c1-n1cccc1)N1CCN(c2nccs2)CC1. The van der Waals surface area contributed by atoms with Crippen molar-refractivity contribution in [1.82, 2.24) is 24.2 Å². The van der Waals surface area contributed by atoms with Gasteiger partial charge in [0.05, 0.1) is 11.9 Å². The number of rotatable bonds is 4. The van der Waals surface area contributed by atoms with Crippen molar-refractivity contribution in [2.75, 3.05) is 31.1 Å². The van der Waals surface area contributed by atoms with Crippen molar-refractivity contribution in [3.05, 3.63) is 77.9 Å². The number of nitrogens with zero attached hydrogens (tertiary/aromatic N) is 6. The third-order valence-corrected chi connectivity index (χ3v) is 5.98. The summed E-state index contributed by atoms with van der Waals surface area (Å²) >= 11 is 1.61. The van der Waals surface area contributed by atoms with Crippen molar-refractivity contribution in [3.63, 3.8) is 0 Å². The van der Waals surface area contributed by atoms with Crippen molar-refractivity contribution in [1.29, 1.82) is 0 Å². The van der Waals surface area contributed by atoms with Crippen LogP contribution in [0.2, 0.25) is 0 Å². The summed E-state index contributed by atoms with van der Waals surface area (Å²) in [5.74, 6) is 0.257. The van der Waals surface area contributed by atoms with E-state index in [1.807, 2.05) is 39.4 Å². The molecule has 1 amide bonds. The molecule has 7 nitrogen and oxygen atoms in total. The number of thiazole rings is 1. The maximum Gasteiger partial charge on any atom is 0.259 e. The number of anilines is 1. The lowest BCUT2D eigenvalue weighted by atomic mass is 10.2. The summed E-state index contributed by atoms with van der Waals surface area (Å²) in [6.07, 6.45) is 7.13.